The minimum Gasteiger partial charge on any atom is -0.396 e. The number of anilines is 2. The van der Waals surface area contributed by atoms with Crippen LogP contribution >= 0.6 is 0 Å². The summed E-state index contributed by atoms with van der Waals surface area (Å²) in [7, 11) is 0. The molecule has 0 radical (unpaired) electrons. The Morgan fingerprint density at radius 3 is 2.79 bits per heavy atom. The fourth-order valence-corrected chi connectivity index (χ4v) is 1.71. The number of nitrogens with zero attached hydrogens (tertiary/aromatic N) is 2. The van der Waals surface area contributed by atoms with Crippen molar-refractivity contribution in [3.05, 3.63) is 22.2 Å². The molecule has 0 saturated carbocycles. The summed E-state index contributed by atoms with van der Waals surface area (Å²) in [6.45, 7) is 4.70. The number of nitrogens with one attached hydrogen (secondary N) is 1. The molecule has 0 bridgehead atoms. The molecule has 106 valence electrons. The van der Waals surface area contributed by atoms with E-state index < -0.39 is 4.92 Å². The smallest absolute Gasteiger partial charge is 0.311 e. The van der Waals surface area contributed by atoms with E-state index in [9.17, 15) is 10.1 Å². The quantitative estimate of drug-likeness (QED) is 0.513. The number of nitrogen functional groups attached to an aromatic ring is 1. The monoisotopic (exact) mass is 268 g/mol. The summed E-state index contributed by atoms with van der Waals surface area (Å²) >= 11 is 0. The molecule has 0 amide bonds. The van der Waals surface area contributed by atoms with Crippen molar-refractivity contribution in [3.8, 4) is 0 Å². The summed E-state index contributed by atoms with van der Waals surface area (Å²) in [6.07, 6.45) is 1.51. The highest BCUT2D eigenvalue weighted by Crippen LogP contribution is 2.27. The number of aromatic nitrogens is 1. The molecule has 1 heterocycles. The van der Waals surface area contributed by atoms with Gasteiger partial charge in [0.25, 0.3) is 0 Å². The molecule has 4 N–H and O–H groups in total. The Kier molecular flexibility index (Phi) is 5.05. The Morgan fingerprint density at radius 2 is 2.21 bits per heavy atom. The van der Waals surface area contributed by atoms with Crippen molar-refractivity contribution in [1.82, 2.24) is 4.98 Å². The van der Waals surface area contributed by atoms with Crippen molar-refractivity contribution in [2.24, 2.45) is 5.41 Å². The van der Waals surface area contributed by atoms with Crippen molar-refractivity contribution in [2.45, 2.75) is 26.7 Å². The van der Waals surface area contributed by atoms with Gasteiger partial charge in [-0.3, -0.25) is 10.1 Å². The van der Waals surface area contributed by atoms with Gasteiger partial charge in [0.2, 0.25) is 5.82 Å². The SMILES string of the molecule is CC(C)(CCCO)CNc1nc(N)ccc1[N+](=O)[O-]. The van der Waals surface area contributed by atoms with E-state index in [1.165, 1.54) is 12.1 Å². The maximum atomic E-state index is 10.9. The topological polar surface area (TPSA) is 114 Å². The van der Waals surface area contributed by atoms with Crippen LogP contribution < -0.4 is 11.1 Å². The van der Waals surface area contributed by atoms with E-state index in [1.54, 1.807) is 0 Å². The largest absolute Gasteiger partial charge is 0.396 e. The molecule has 1 rings (SSSR count). The standard InChI is InChI=1S/C12H20N4O3/c1-12(2,6-3-7-17)8-14-11-9(16(18)19)4-5-10(13)15-11/h4-5,17H,3,6-8H2,1-2H3,(H3,13,14,15). The van der Waals surface area contributed by atoms with Crippen LogP contribution in [0.2, 0.25) is 0 Å². The van der Waals surface area contributed by atoms with Gasteiger partial charge in [-0.1, -0.05) is 13.8 Å². The summed E-state index contributed by atoms with van der Waals surface area (Å²) in [5.74, 6) is 0.420. The van der Waals surface area contributed by atoms with Gasteiger partial charge in [0.05, 0.1) is 4.92 Å². The van der Waals surface area contributed by atoms with E-state index in [-0.39, 0.29) is 29.3 Å². The van der Waals surface area contributed by atoms with Gasteiger partial charge in [0, 0.05) is 19.2 Å². The maximum Gasteiger partial charge on any atom is 0.311 e. The van der Waals surface area contributed by atoms with Crippen LogP contribution in [0, 0.1) is 15.5 Å². The molecule has 0 atom stereocenters. The van der Waals surface area contributed by atoms with Crippen LogP contribution in [0.25, 0.3) is 0 Å². The molecule has 0 fully saturated rings. The lowest BCUT2D eigenvalue weighted by Gasteiger charge is -2.24. The summed E-state index contributed by atoms with van der Waals surface area (Å²) in [5, 5.41) is 22.7. The van der Waals surface area contributed by atoms with E-state index in [0.717, 1.165) is 6.42 Å². The van der Waals surface area contributed by atoms with Gasteiger partial charge in [0.15, 0.2) is 0 Å². The molecule has 0 aromatic carbocycles. The number of nitrogens with two attached hydrogens (primary N) is 1. The van der Waals surface area contributed by atoms with Gasteiger partial charge in [-0.25, -0.2) is 4.98 Å². The van der Waals surface area contributed by atoms with Gasteiger partial charge >= 0.3 is 5.69 Å². The first-order valence-corrected chi connectivity index (χ1v) is 6.11. The molecule has 0 aliphatic carbocycles. The molecule has 7 nitrogen and oxygen atoms in total. The summed E-state index contributed by atoms with van der Waals surface area (Å²) < 4.78 is 0. The molecular formula is C12H20N4O3. The van der Waals surface area contributed by atoms with E-state index in [2.05, 4.69) is 10.3 Å². The zero-order valence-electron chi connectivity index (χ0n) is 11.2. The predicted molar refractivity (Wildman–Crippen MR) is 73.9 cm³/mol. The molecule has 19 heavy (non-hydrogen) atoms. The second kappa shape index (κ2) is 6.33. The molecule has 1 aromatic heterocycles. The van der Waals surface area contributed by atoms with E-state index in [0.29, 0.717) is 13.0 Å². The number of aliphatic hydroxyl groups excluding tert-OH is 1. The zero-order valence-corrected chi connectivity index (χ0v) is 11.2. The van der Waals surface area contributed by atoms with Gasteiger partial charge < -0.3 is 16.2 Å². The Balaban J connectivity index is 2.76. The van der Waals surface area contributed by atoms with Crippen molar-refractivity contribution in [1.29, 1.82) is 0 Å². The fraction of sp³-hybridized carbons (Fsp3) is 0.583. The second-order valence-electron chi connectivity index (χ2n) is 5.21. The highest BCUT2D eigenvalue weighted by atomic mass is 16.6. The number of aliphatic hydroxyl groups is 1. The molecule has 7 heteroatoms. The lowest BCUT2D eigenvalue weighted by atomic mass is 9.88. The fourth-order valence-electron chi connectivity index (χ4n) is 1.71. The molecule has 0 aliphatic heterocycles. The third-order valence-electron chi connectivity index (χ3n) is 2.84. The average Bonchev–Trinajstić information content (AvgIpc) is 2.34. The van der Waals surface area contributed by atoms with Gasteiger partial charge in [-0.15, -0.1) is 0 Å². The van der Waals surface area contributed by atoms with Crippen molar-refractivity contribution in [3.63, 3.8) is 0 Å². The number of pyridine rings is 1. The van der Waals surface area contributed by atoms with Crippen molar-refractivity contribution < 1.29 is 10.0 Å². The zero-order chi connectivity index (χ0) is 14.5. The highest BCUT2D eigenvalue weighted by molar-refractivity contribution is 5.59. The van der Waals surface area contributed by atoms with E-state index in [4.69, 9.17) is 10.8 Å². The van der Waals surface area contributed by atoms with Gasteiger partial charge in [-0.05, 0) is 24.3 Å². The van der Waals surface area contributed by atoms with Crippen LogP contribution in [-0.4, -0.2) is 28.2 Å². The molecular weight excluding hydrogens is 248 g/mol. The van der Waals surface area contributed by atoms with Crippen LogP contribution in [0.3, 0.4) is 0 Å². The Morgan fingerprint density at radius 1 is 1.53 bits per heavy atom. The summed E-state index contributed by atoms with van der Waals surface area (Å²) in [6, 6.07) is 2.74. The maximum absolute atomic E-state index is 10.9. The lowest BCUT2D eigenvalue weighted by Crippen LogP contribution is -2.24. The van der Waals surface area contributed by atoms with Crippen molar-refractivity contribution >= 4 is 17.3 Å². The predicted octanol–water partition coefficient (Wildman–Crippen LogP) is 1.78. The number of hydrogen-bond acceptors (Lipinski definition) is 6. The number of rotatable bonds is 7. The minimum atomic E-state index is -0.491. The molecule has 0 aliphatic rings. The van der Waals surface area contributed by atoms with Crippen LogP contribution in [0.5, 0.6) is 0 Å². The first-order chi connectivity index (χ1) is 8.85. The normalized spacial score (nSPS) is 11.3. The van der Waals surface area contributed by atoms with Crippen LogP contribution in [0.15, 0.2) is 12.1 Å². The first-order valence-electron chi connectivity index (χ1n) is 6.11. The van der Waals surface area contributed by atoms with Crippen molar-refractivity contribution in [2.75, 3.05) is 24.2 Å². The summed E-state index contributed by atoms with van der Waals surface area (Å²) in [4.78, 5) is 14.3. The van der Waals surface area contributed by atoms with Crippen LogP contribution in [0.4, 0.5) is 17.3 Å². The lowest BCUT2D eigenvalue weighted by molar-refractivity contribution is -0.384. The van der Waals surface area contributed by atoms with E-state index >= 15 is 0 Å². The minimum absolute atomic E-state index is 0.0906. The van der Waals surface area contributed by atoms with Crippen LogP contribution in [-0.2, 0) is 0 Å². The highest BCUT2D eigenvalue weighted by Gasteiger charge is 2.21. The average molecular weight is 268 g/mol. The molecule has 0 saturated heterocycles. The third-order valence-corrected chi connectivity index (χ3v) is 2.84. The third kappa shape index (κ3) is 4.70. The molecule has 1 aromatic rings. The first kappa shape index (κ1) is 15.2. The Labute approximate surface area is 112 Å². The Bertz CT molecular complexity index is 449. The second-order valence-corrected chi connectivity index (χ2v) is 5.21. The number of nitro groups is 1. The Hall–Kier alpha value is -1.89. The molecule has 0 spiro atoms. The van der Waals surface area contributed by atoms with E-state index in [1.807, 2.05) is 13.8 Å². The van der Waals surface area contributed by atoms with Gasteiger partial charge in [0.1, 0.15) is 5.82 Å². The van der Waals surface area contributed by atoms with Crippen LogP contribution in [0.1, 0.15) is 26.7 Å². The summed E-state index contributed by atoms with van der Waals surface area (Å²) in [5.41, 5.74) is 5.36. The molecule has 0 unspecified atom stereocenters. The number of hydrogen-bond donors (Lipinski definition) is 3. The van der Waals surface area contributed by atoms with Gasteiger partial charge in [-0.2, -0.15) is 0 Å².